The van der Waals surface area contributed by atoms with E-state index in [-0.39, 0.29) is 0 Å². The molecule has 1 aromatic rings. The summed E-state index contributed by atoms with van der Waals surface area (Å²) in [4.78, 5) is 8.52. The predicted molar refractivity (Wildman–Crippen MR) is 55.8 cm³/mol. The highest BCUT2D eigenvalue weighted by Crippen LogP contribution is 2.32. The molecule has 2 rings (SSSR count). The average molecular weight is 191 g/mol. The maximum Gasteiger partial charge on any atom is 0.0724 e. The van der Waals surface area contributed by atoms with Crippen LogP contribution in [-0.4, -0.2) is 16.0 Å². The minimum Gasteiger partial charge on any atom is -0.308 e. The van der Waals surface area contributed by atoms with E-state index in [9.17, 15) is 0 Å². The molecular weight excluding hydrogens is 174 g/mol. The summed E-state index contributed by atoms with van der Waals surface area (Å²) in [6, 6.07) is 0.623. The van der Waals surface area contributed by atoms with E-state index in [0.29, 0.717) is 6.04 Å². The molecule has 1 fully saturated rings. The van der Waals surface area contributed by atoms with Gasteiger partial charge in [0.2, 0.25) is 0 Å². The van der Waals surface area contributed by atoms with Crippen molar-refractivity contribution in [2.75, 3.05) is 0 Å². The average Bonchev–Trinajstić information content (AvgIpc) is 3.00. The fraction of sp³-hybridized carbons (Fsp3) is 0.636. The van der Waals surface area contributed by atoms with Crippen molar-refractivity contribution in [3.8, 4) is 0 Å². The lowest BCUT2D eigenvalue weighted by Gasteiger charge is -2.11. The zero-order valence-corrected chi connectivity index (χ0v) is 8.83. The van der Waals surface area contributed by atoms with E-state index in [4.69, 9.17) is 0 Å². The number of nitrogens with one attached hydrogen (secondary N) is 1. The molecule has 1 N–H and O–H groups in total. The molecule has 0 spiro atoms. The molecule has 0 radical (unpaired) electrons. The van der Waals surface area contributed by atoms with Gasteiger partial charge < -0.3 is 5.32 Å². The number of hydrogen-bond acceptors (Lipinski definition) is 3. The molecule has 0 amide bonds. The standard InChI is InChI=1S/C11H17N3/c1-8-5-14-11(6-12-8)7-13-9(2)10-3-4-10/h5-6,9-10,13H,3-4,7H2,1-2H3. The van der Waals surface area contributed by atoms with Gasteiger partial charge in [-0.2, -0.15) is 0 Å². The highest BCUT2D eigenvalue weighted by atomic mass is 14.9. The van der Waals surface area contributed by atoms with E-state index >= 15 is 0 Å². The molecule has 0 bridgehead atoms. The maximum absolute atomic E-state index is 4.30. The summed E-state index contributed by atoms with van der Waals surface area (Å²) < 4.78 is 0. The van der Waals surface area contributed by atoms with Crippen molar-refractivity contribution < 1.29 is 0 Å². The number of rotatable bonds is 4. The van der Waals surface area contributed by atoms with Crippen molar-refractivity contribution in [1.29, 1.82) is 0 Å². The lowest BCUT2D eigenvalue weighted by molar-refractivity contribution is 0.491. The minimum atomic E-state index is 0.623. The van der Waals surface area contributed by atoms with Gasteiger partial charge >= 0.3 is 0 Å². The number of aromatic nitrogens is 2. The molecule has 1 heterocycles. The molecule has 1 saturated carbocycles. The Balaban J connectivity index is 1.82. The Morgan fingerprint density at radius 2 is 2.21 bits per heavy atom. The van der Waals surface area contributed by atoms with Gasteiger partial charge in [0.15, 0.2) is 0 Å². The first-order valence-electron chi connectivity index (χ1n) is 5.26. The van der Waals surface area contributed by atoms with Crippen molar-refractivity contribution >= 4 is 0 Å². The Labute approximate surface area is 85.0 Å². The van der Waals surface area contributed by atoms with Crippen LogP contribution in [0.2, 0.25) is 0 Å². The first-order chi connectivity index (χ1) is 6.75. The van der Waals surface area contributed by atoms with Crippen molar-refractivity contribution in [2.24, 2.45) is 5.92 Å². The van der Waals surface area contributed by atoms with Gasteiger partial charge in [-0.25, -0.2) is 0 Å². The molecule has 14 heavy (non-hydrogen) atoms. The molecule has 3 nitrogen and oxygen atoms in total. The largest absolute Gasteiger partial charge is 0.308 e. The third-order valence-electron chi connectivity index (χ3n) is 2.77. The van der Waals surface area contributed by atoms with Crippen LogP contribution in [0.3, 0.4) is 0 Å². The topological polar surface area (TPSA) is 37.8 Å². The third kappa shape index (κ3) is 2.51. The number of nitrogens with zero attached hydrogens (tertiary/aromatic N) is 2. The van der Waals surface area contributed by atoms with Gasteiger partial charge in [0.05, 0.1) is 11.4 Å². The fourth-order valence-corrected chi connectivity index (χ4v) is 1.54. The smallest absolute Gasteiger partial charge is 0.0724 e. The van der Waals surface area contributed by atoms with Gasteiger partial charge in [-0.1, -0.05) is 0 Å². The Hall–Kier alpha value is -0.960. The summed E-state index contributed by atoms with van der Waals surface area (Å²) in [5.74, 6) is 0.897. The number of aryl methyl sites for hydroxylation is 1. The molecule has 1 aliphatic rings. The van der Waals surface area contributed by atoms with Gasteiger partial charge in [0.1, 0.15) is 0 Å². The maximum atomic E-state index is 4.30. The van der Waals surface area contributed by atoms with Crippen LogP contribution < -0.4 is 5.32 Å². The normalized spacial score (nSPS) is 18.1. The second-order valence-corrected chi connectivity index (χ2v) is 4.16. The molecule has 1 aliphatic carbocycles. The second-order valence-electron chi connectivity index (χ2n) is 4.16. The van der Waals surface area contributed by atoms with Gasteiger partial charge in [0.25, 0.3) is 0 Å². The SMILES string of the molecule is Cc1cnc(CNC(C)C2CC2)cn1. The predicted octanol–water partition coefficient (Wildman–Crippen LogP) is 1.67. The van der Waals surface area contributed by atoms with E-state index in [1.807, 2.05) is 19.3 Å². The summed E-state index contributed by atoms with van der Waals surface area (Å²) in [7, 11) is 0. The second kappa shape index (κ2) is 4.05. The summed E-state index contributed by atoms with van der Waals surface area (Å²) in [5, 5.41) is 3.48. The van der Waals surface area contributed by atoms with Crippen LogP contribution >= 0.6 is 0 Å². The van der Waals surface area contributed by atoms with Crippen LogP contribution in [0.4, 0.5) is 0 Å². The molecule has 0 aliphatic heterocycles. The van der Waals surface area contributed by atoms with Crippen molar-refractivity contribution in [3.63, 3.8) is 0 Å². The highest BCUT2D eigenvalue weighted by molar-refractivity contribution is 5.00. The van der Waals surface area contributed by atoms with Gasteiger partial charge in [-0.15, -0.1) is 0 Å². The van der Waals surface area contributed by atoms with E-state index in [2.05, 4.69) is 22.2 Å². The summed E-state index contributed by atoms with van der Waals surface area (Å²) in [6.45, 7) is 5.04. The molecule has 76 valence electrons. The lowest BCUT2D eigenvalue weighted by atomic mass is 10.2. The first kappa shape index (κ1) is 9.59. The Morgan fingerprint density at radius 1 is 1.43 bits per heavy atom. The molecule has 1 atom stereocenters. The number of hydrogen-bond donors (Lipinski definition) is 1. The van der Waals surface area contributed by atoms with Crippen LogP contribution in [0.15, 0.2) is 12.4 Å². The van der Waals surface area contributed by atoms with Crippen LogP contribution in [0.5, 0.6) is 0 Å². The lowest BCUT2D eigenvalue weighted by Crippen LogP contribution is -2.27. The molecule has 1 aromatic heterocycles. The van der Waals surface area contributed by atoms with Crippen LogP contribution in [-0.2, 0) is 6.54 Å². The molecular formula is C11H17N3. The summed E-state index contributed by atoms with van der Waals surface area (Å²) >= 11 is 0. The summed E-state index contributed by atoms with van der Waals surface area (Å²) in [5.41, 5.74) is 2.01. The first-order valence-corrected chi connectivity index (χ1v) is 5.26. The molecule has 1 unspecified atom stereocenters. The van der Waals surface area contributed by atoms with Crippen LogP contribution in [0.1, 0.15) is 31.2 Å². The Kier molecular flexibility index (Phi) is 2.77. The van der Waals surface area contributed by atoms with Crippen molar-refractivity contribution in [1.82, 2.24) is 15.3 Å². The molecule has 0 saturated heterocycles. The van der Waals surface area contributed by atoms with Gasteiger partial charge in [0, 0.05) is 25.0 Å². The van der Waals surface area contributed by atoms with E-state index in [1.54, 1.807) is 0 Å². The van der Waals surface area contributed by atoms with Crippen LogP contribution in [0, 0.1) is 12.8 Å². The van der Waals surface area contributed by atoms with E-state index in [0.717, 1.165) is 23.9 Å². The zero-order valence-electron chi connectivity index (χ0n) is 8.83. The van der Waals surface area contributed by atoms with Crippen LogP contribution in [0.25, 0.3) is 0 Å². The van der Waals surface area contributed by atoms with E-state index < -0.39 is 0 Å². The molecule has 0 aromatic carbocycles. The highest BCUT2D eigenvalue weighted by Gasteiger charge is 2.27. The Bertz CT molecular complexity index is 290. The molecule has 3 heteroatoms. The monoisotopic (exact) mass is 191 g/mol. The van der Waals surface area contributed by atoms with Crippen molar-refractivity contribution in [3.05, 3.63) is 23.8 Å². The quantitative estimate of drug-likeness (QED) is 0.786. The van der Waals surface area contributed by atoms with E-state index in [1.165, 1.54) is 12.8 Å². The third-order valence-corrected chi connectivity index (χ3v) is 2.77. The van der Waals surface area contributed by atoms with Gasteiger partial charge in [-0.05, 0) is 32.6 Å². The fourth-order valence-electron chi connectivity index (χ4n) is 1.54. The van der Waals surface area contributed by atoms with Gasteiger partial charge in [-0.3, -0.25) is 9.97 Å². The zero-order chi connectivity index (χ0) is 9.97. The summed E-state index contributed by atoms with van der Waals surface area (Å²) in [6.07, 6.45) is 6.43. The van der Waals surface area contributed by atoms with Crippen molar-refractivity contribution in [2.45, 2.75) is 39.3 Å². The minimum absolute atomic E-state index is 0.623. The Morgan fingerprint density at radius 3 is 2.79 bits per heavy atom.